The second-order valence-corrected chi connectivity index (χ2v) is 11.4. The van der Waals surface area contributed by atoms with Crippen molar-refractivity contribution in [2.24, 2.45) is 5.41 Å². The van der Waals surface area contributed by atoms with Crippen LogP contribution in [0.15, 0.2) is 65.6 Å². The molecule has 0 aromatic heterocycles. The maximum absolute atomic E-state index is 14.5. The third-order valence-corrected chi connectivity index (χ3v) is 8.74. The SMILES string of the molecule is Cc1cccc(S(=O)(=O)N2C[C@H](C[C@]3(C(=O)O)CCNC3=O)Oc3ccc(-c4cc(F)ccc4F)cc32)c1. The van der Waals surface area contributed by atoms with Gasteiger partial charge in [0.05, 0.1) is 17.1 Å². The molecule has 198 valence electrons. The number of carbonyl (C=O) groups is 2. The fraction of sp³-hybridized carbons (Fsp3) is 0.259. The number of fused-ring (bicyclic) bond motifs is 1. The molecule has 5 rings (SSSR count). The molecule has 2 aliphatic heterocycles. The van der Waals surface area contributed by atoms with E-state index in [1.807, 2.05) is 0 Å². The zero-order valence-corrected chi connectivity index (χ0v) is 21.1. The van der Waals surface area contributed by atoms with Crippen molar-refractivity contribution in [1.29, 1.82) is 0 Å². The monoisotopic (exact) mass is 542 g/mol. The molecule has 38 heavy (non-hydrogen) atoms. The van der Waals surface area contributed by atoms with E-state index in [4.69, 9.17) is 4.74 Å². The van der Waals surface area contributed by atoms with E-state index in [-0.39, 0.29) is 53.4 Å². The Hall–Kier alpha value is -3.99. The number of nitrogens with one attached hydrogen (secondary N) is 1. The number of aliphatic carboxylic acids is 1. The first-order valence-corrected chi connectivity index (χ1v) is 13.3. The van der Waals surface area contributed by atoms with Gasteiger partial charge < -0.3 is 15.2 Å². The smallest absolute Gasteiger partial charge is 0.319 e. The lowest BCUT2D eigenvalue weighted by atomic mass is 9.80. The molecule has 0 radical (unpaired) electrons. The lowest BCUT2D eigenvalue weighted by Crippen LogP contribution is -2.49. The molecule has 0 spiro atoms. The Morgan fingerprint density at radius 2 is 1.95 bits per heavy atom. The first-order valence-electron chi connectivity index (χ1n) is 11.9. The molecule has 1 amide bonds. The number of carboxylic acids is 1. The molecule has 3 aromatic rings. The van der Waals surface area contributed by atoms with Crippen LogP contribution in [0.25, 0.3) is 11.1 Å². The van der Waals surface area contributed by atoms with Gasteiger partial charge in [0, 0.05) is 18.5 Å². The van der Waals surface area contributed by atoms with Gasteiger partial charge in [0.15, 0.2) is 5.41 Å². The molecular formula is C27H24F2N2O6S. The summed E-state index contributed by atoms with van der Waals surface area (Å²) in [4.78, 5) is 24.6. The van der Waals surface area contributed by atoms with Crippen LogP contribution in [0.2, 0.25) is 0 Å². The fourth-order valence-electron chi connectivity index (χ4n) is 4.98. The maximum Gasteiger partial charge on any atom is 0.319 e. The van der Waals surface area contributed by atoms with Crippen LogP contribution in [-0.2, 0) is 19.6 Å². The number of hydrogen-bond donors (Lipinski definition) is 2. The van der Waals surface area contributed by atoms with Crippen LogP contribution in [-0.4, -0.2) is 44.6 Å². The second-order valence-electron chi connectivity index (χ2n) is 9.50. The highest BCUT2D eigenvalue weighted by Crippen LogP contribution is 2.43. The van der Waals surface area contributed by atoms with Gasteiger partial charge in [0.2, 0.25) is 5.91 Å². The number of rotatable bonds is 6. The van der Waals surface area contributed by atoms with Crippen molar-refractivity contribution >= 4 is 27.6 Å². The van der Waals surface area contributed by atoms with E-state index in [1.54, 1.807) is 19.1 Å². The predicted octanol–water partition coefficient (Wildman–Crippen LogP) is 3.88. The van der Waals surface area contributed by atoms with E-state index < -0.39 is 45.1 Å². The Kier molecular flexibility index (Phi) is 6.34. The van der Waals surface area contributed by atoms with E-state index in [0.29, 0.717) is 5.56 Å². The van der Waals surface area contributed by atoms with Crippen molar-refractivity contribution in [2.75, 3.05) is 17.4 Å². The number of aryl methyl sites for hydroxylation is 1. The molecule has 3 aromatic carbocycles. The average molecular weight is 543 g/mol. The third kappa shape index (κ3) is 4.36. The number of halogens is 2. The summed E-state index contributed by atoms with van der Waals surface area (Å²) in [5.74, 6) is -3.20. The van der Waals surface area contributed by atoms with Crippen molar-refractivity contribution < 1.29 is 36.6 Å². The number of carbonyl (C=O) groups excluding carboxylic acids is 1. The Balaban J connectivity index is 1.62. The highest BCUT2D eigenvalue weighted by atomic mass is 32.2. The summed E-state index contributed by atoms with van der Waals surface area (Å²) >= 11 is 0. The number of nitrogens with zero attached hydrogens (tertiary/aromatic N) is 1. The van der Waals surface area contributed by atoms with Crippen LogP contribution >= 0.6 is 0 Å². The maximum atomic E-state index is 14.5. The largest absolute Gasteiger partial charge is 0.486 e. The van der Waals surface area contributed by atoms with E-state index in [0.717, 1.165) is 22.5 Å². The van der Waals surface area contributed by atoms with Gasteiger partial charge in [-0.25, -0.2) is 17.2 Å². The molecule has 0 aliphatic carbocycles. The summed E-state index contributed by atoms with van der Waals surface area (Å²) in [6.45, 7) is 1.64. The molecule has 8 nitrogen and oxygen atoms in total. The molecule has 2 aliphatic rings. The molecule has 0 unspecified atom stereocenters. The molecular weight excluding hydrogens is 518 g/mol. The Labute approximate surface area is 217 Å². The van der Waals surface area contributed by atoms with Crippen LogP contribution in [0.3, 0.4) is 0 Å². The van der Waals surface area contributed by atoms with Crippen molar-refractivity contribution in [3.8, 4) is 16.9 Å². The topological polar surface area (TPSA) is 113 Å². The second kappa shape index (κ2) is 9.39. The van der Waals surface area contributed by atoms with Gasteiger partial charge in [0.1, 0.15) is 23.5 Å². The lowest BCUT2D eigenvalue weighted by Gasteiger charge is -2.38. The zero-order chi connectivity index (χ0) is 27.2. The van der Waals surface area contributed by atoms with E-state index in [2.05, 4.69) is 5.32 Å². The van der Waals surface area contributed by atoms with Crippen molar-refractivity contribution in [2.45, 2.75) is 30.8 Å². The number of sulfonamides is 1. The molecule has 1 saturated heterocycles. The Bertz CT molecular complexity index is 1560. The highest BCUT2D eigenvalue weighted by Gasteiger charge is 2.52. The van der Waals surface area contributed by atoms with Gasteiger partial charge in [-0.05, 0) is 66.9 Å². The molecule has 2 heterocycles. The standard InChI is InChI=1S/C27H24F2N2O6S/c1-16-3-2-4-20(11-16)38(35,36)31-15-19(14-27(26(33)34)9-10-30-25(27)32)37-24-8-5-17(12-23(24)31)21-13-18(28)6-7-22(21)29/h2-8,11-13,19H,9-10,14-15H2,1H3,(H,30,32)(H,33,34)/t19-,27+/m0/s1. The number of hydrogen-bond acceptors (Lipinski definition) is 5. The average Bonchev–Trinajstić information content (AvgIpc) is 3.25. The minimum Gasteiger partial charge on any atom is -0.486 e. The van der Waals surface area contributed by atoms with Crippen molar-refractivity contribution in [3.63, 3.8) is 0 Å². The number of ether oxygens (including phenoxy) is 1. The van der Waals surface area contributed by atoms with E-state index >= 15 is 0 Å². The van der Waals surface area contributed by atoms with Crippen molar-refractivity contribution in [3.05, 3.63) is 77.9 Å². The van der Waals surface area contributed by atoms with Gasteiger partial charge >= 0.3 is 5.97 Å². The Morgan fingerprint density at radius 1 is 1.16 bits per heavy atom. The first-order chi connectivity index (χ1) is 18.0. The number of benzene rings is 3. The summed E-state index contributed by atoms with van der Waals surface area (Å²) in [7, 11) is -4.20. The van der Waals surface area contributed by atoms with Crippen LogP contribution in [0, 0.1) is 24.0 Å². The first kappa shape index (κ1) is 25.7. The van der Waals surface area contributed by atoms with Crippen molar-refractivity contribution in [1.82, 2.24) is 5.32 Å². The number of carboxylic acid groups (broad SMARTS) is 1. The third-order valence-electron chi connectivity index (χ3n) is 6.97. The highest BCUT2D eigenvalue weighted by molar-refractivity contribution is 7.92. The van der Waals surface area contributed by atoms with Gasteiger partial charge in [-0.3, -0.25) is 13.9 Å². The molecule has 0 bridgehead atoms. The number of amides is 1. The predicted molar refractivity (Wildman–Crippen MR) is 134 cm³/mol. The van der Waals surface area contributed by atoms with E-state index in [1.165, 1.54) is 30.3 Å². The van der Waals surface area contributed by atoms with E-state index in [9.17, 15) is 31.9 Å². The minimum absolute atomic E-state index is 0.00186. The molecule has 11 heteroatoms. The lowest BCUT2D eigenvalue weighted by molar-refractivity contribution is -0.155. The van der Waals surface area contributed by atoms with Crippen LogP contribution in [0.5, 0.6) is 5.75 Å². The van der Waals surface area contributed by atoms with Crippen LogP contribution in [0.1, 0.15) is 18.4 Å². The summed E-state index contributed by atoms with van der Waals surface area (Å²) < 4.78 is 63.3. The quantitative estimate of drug-likeness (QED) is 0.457. The van der Waals surface area contributed by atoms with Crippen LogP contribution in [0.4, 0.5) is 14.5 Å². The van der Waals surface area contributed by atoms with Gasteiger partial charge in [-0.15, -0.1) is 0 Å². The van der Waals surface area contributed by atoms with Gasteiger partial charge in [0.25, 0.3) is 10.0 Å². The molecule has 0 saturated carbocycles. The normalized spacial score (nSPS) is 21.0. The van der Waals surface area contributed by atoms with Gasteiger partial charge in [-0.2, -0.15) is 0 Å². The Morgan fingerprint density at radius 3 is 2.63 bits per heavy atom. The summed E-state index contributed by atoms with van der Waals surface area (Å²) in [5, 5.41) is 12.4. The minimum atomic E-state index is -4.20. The summed E-state index contributed by atoms with van der Waals surface area (Å²) in [5.41, 5.74) is -0.797. The molecule has 2 N–H and O–H groups in total. The summed E-state index contributed by atoms with van der Waals surface area (Å²) in [6, 6.07) is 13.5. The number of anilines is 1. The zero-order valence-electron chi connectivity index (χ0n) is 20.3. The summed E-state index contributed by atoms with van der Waals surface area (Å²) in [6.07, 6.45) is -1.19. The molecule has 2 atom stereocenters. The van der Waals surface area contributed by atoms with Gasteiger partial charge in [-0.1, -0.05) is 18.2 Å². The van der Waals surface area contributed by atoms with Crippen LogP contribution < -0.4 is 14.4 Å². The molecule has 1 fully saturated rings. The fourth-order valence-corrected chi connectivity index (χ4v) is 6.59.